The first kappa shape index (κ1) is 8.16. The smallest absolute Gasteiger partial charge is 0.222 e. The predicted octanol–water partition coefficient (Wildman–Crippen LogP) is 1.53. The van der Waals surface area contributed by atoms with Gasteiger partial charge >= 0.3 is 0 Å². The van der Waals surface area contributed by atoms with Gasteiger partial charge in [0.2, 0.25) is 5.91 Å². The molecule has 0 bridgehead atoms. The summed E-state index contributed by atoms with van der Waals surface area (Å²) in [7, 11) is 0. The summed E-state index contributed by atoms with van der Waals surface area (Å²) in [4.78, 5) is 10.5. The molecule has 1 aromatic rings. The van der Waals surface area contributed by atoms with Crippen molar-refractivity contribution in [2.75, 3.05) is 0 Å². The number of halogens is 2. The molecule has 0 saturated carbocycles. The maximum atomic E-state index is 13.1. The second kappa shape index (κ2) is 2.80. The minimum absolute atomic E-state index is 0.0397. The zero-order valence-corrected chi connectivity index (χ0v) is 6.68. The van der Waals surface area contributed by atoms with Crippen LogP contribution >= 0.6 is 0 Å². The first-order valence-electron chi connectivity index (χ1n) is 3.92. The second-order valence-corrected chi connectivity index (χ2v) is 2.96. The number of rotatable bonds is 1. The lowest BCUT2D eigenvalue weighted by Crippen LogP contribution is -2.42. The SMILES string of the molecule is O=C1CC(c2c(F)cccc2F)N1. The third-order valence-electron chi connectivity index (χ3n) is 2.07. The van der Waals surface area contributed by atoms with Gasteiger partial charge in [-0.05, 0) is 12.1 Å². The lowest BCUT2D eigenvalue weighted by atomic mass is 9.96. The van der Waals surface area contributed by atoms with E-state index in [0.29, 0.717) is 0 Å². The molecule has 1 saturated heterocycles. The van der Waals surface area contributed by atoms with Crippen molar-refractivity contribution in [1.29, 1.82) is 0 Å². The van der Waals surface area contributed by atoms with Gasteiger partial charge in [-0.25, -0.2) is 8.78 Å². The first-order chi connectivity index (χ1) is 6.18. The summed E-state index contributed by atoms with van der Waals surface area (Å²) in [6.45, 7) is 0. The minimum atomic E-state index is -0.606. The van der Waals surface area contributed by atoms with Gasteiger partial charge in [0.05, 0.1) is 12.5 Å². The average molecular weight is 183 g/mol. The summed E-state index contributed by atoms with van der Waals surface area (Å²) in [6, 6.07) is 3.18. The normalized spacial score (nSPS) is 20.8. The molecule has 4 heteroatoms. The van der Waals surface area contributed by atoms with Crippen molar-refractivity contribution in [3.05, 3.63) is 35.4 Å². The van der Waals surface area contributed by atoms with Gasteiger partial charge in [0.25, 0.3) is 0 Å². The Kier molecular flexibility index (Phi) is 1.76. The Bertz CT molecular complexity index is 336. The monoisotopic (exact) mass is 183 g/mol. The number of amides is 1. The molecular weight excluding hydrogens is 176 g/mol. The van der Waals surface area contributed by atoms with Crippen LogP contribution in [-0.2, 0) is 4.79 Å². The fraction of sp³-hybridized carbons (Fsp3) is 0.222. The number of nitrogens with one attached hydrogen (secondary N) is 1. The van der Waals surface area contributed by atoms with Gasteiger partial charge in [-0.2, -0.15) is 0 Å². The molecule has 0 spiro atoms. The lowest BCUT2D eigenvalue weighted by molar-refractivity contribution is -0.128. The number of hydrogen-bond donors (Lipinski definition) is 1. The molecule has 1 aliphatic heterocycles. The quantitative estimate of drug-likeness (QED) is 0.657. The standard InChI is InChI=1S/C9H7F2NO/c10-5-2-1-3-6(11)9(5)7-4-8(13)12-7/h1-3,7H,4H2,(H,12,13). The van der Waals surface area contributed by atoms with Crippen molar-refractivity contribution >= 4 is 5.91 Å². The molecule has 0 radical (unpaired) electrons. The van der Waals surface area contributed by atoms with Gasteiger partial charge in [-0.3, -0.25) is 4.79 Å². The van der Waals surface area contributed by atoms with Crippen LogP contribution in [0.4, 0.5) is 8.78 Å². The molecule has 1 atom stereocenters. The molecule has 1 heterocycles. The van der Waals surface area contributed by atoms with Crippen molar-refractivity contribution < 1.29 is 13.6 Å². The number of β-lactam (4-membered cyclic amide) rings is 1. The molecular formula is C9H7F2NO. The molecule has 2 nitrogen and oxygen atoms in total. The summed E-state index contributed by atoms with van der Waals surface area (Å²) < 4.78 is 26.1. The van der Waals surface area contributed by atoms with Crippen LogP contribution in [0, 0.1) is 11.6 Å². The third-order valence-corrected chi connectivity index (χ3v) is 2.07. The van der Waals surface area contributed by atoms with Gasteiger partial charge < -0.3 is 5.32 Å². The van der Waals surface area contributed by atoms with Crippen LogP contribution in [0.25, 0.3) is 0 Å². The van der Waals surface area contributed by atoms with E-state index in [1.54, 1.807) is 0 Å². The van der Waals surface area contributed by atoms with Crippen LogP contribution in [0.3, 0.4) is 0 Å². The Balaban J connectivity index is 2.34. The van der Waals surface area contributed by atoms with Crippen LogP contribution in [0.1, 0.15) is 18.0 Å². The van der Waals surface area contributed by atoms with Crippen LogP contribution in [-0.4, -0.2) is 5.91 Å². The predicted molar refractivity (Wildman–Crippen MR) is 41.9 cm³/mol. The number of carbonyl (C=O) groups is 1. The topological polar surface area (TPSA) is 29.1 Å². The van der Waals surface area contributed by atoms with Crippen LogP contribution in [0.5, 0.6) is 0 Å². The van der Waals surface area contributed by atoms with Crippen molar-refractivity contribution in [3.63, 3.8) is 0 Å². The number of carbonyl (C=O) groups excluding carboxylic acids is 1. The second-order valence-electron chi connectivity index (χ2n) is 2.96. The van der Waals surface area contributed by atoms with Gasteiger partial charge in [-0.1, -0.05) is 6.07 Å². The average Bonchev–Trinajstić information content (AvgIpc) is 2.00. The van der Waals surface area contributed by atoms with Crippen molar-refractivity contribution in [2.24, 2.45) is 0 Å². The molecule has 68 valence electrons. The van der Waals surface area contributed by atoms with E-state index in [9.17, 15) is 13.6 Å². The third kappa shape index (κ3) is 1.28. The van der Waals surface area contributed by atoms with E-state index in [2.05, 4.69) is 5.32 Å². The Morgan fingerprint density at radius 3 is 2.31 bits per heavy atom. The Morgan fingerprint density at radius 2 is 1.85 bits per heavy atom. The van der Waals surface area contributed by atoms with E-state index in [0.717, 1.165) is 0 Å². The highest BCUT2D eigenvalue weighted by Crippen LogP contribution is 2.28. The van der Waals surface area contributed by atoms with E-state index in [1.807, 2.05) is 0 Å². The largest absolute Gasteiger partial charge is 0.348 e. The maximum absolute atomic E-state index is 13.1. The molecule has 1 aliphatic rings. The van der Waals surface area contributed by atoms with Crippen LogP contribution < -0.4 is 5.32 Å². The first-order valence-corrected chi connectivity index (χ1v) is 3.92. The molecule has 1 amide bonds. The Labute approximate surface area is 73.6 Å². The van der Waals surface area contributed by atoms with Crippen molar-refractivity contribution in [1.82, 2.24) is 5.32 Å². The number of hydrogen-bond acceptors (Lipinski definition) is 1. The summed E-state index contributed by atoms with van der Waals surface area (Å²) >= 11 is 0. The zero-order chi connectivity index (χ0) is 9.42. The minimum Gasteiger partial charge on any atom is -0.348 e. The molecule has 1 fully saturated rings. The molecule has 1 unspecified atom stereocenters. The highest BCUT2D eigenvalue weighted by atomic mass is 19.1. The molecule has 0 aliphatic carbocycles. The fourth-order valence-corrected chi connectivity index (χ4v) is 1.38. The van der Waals surface area contributed by atoms with E-state index in [-0.39, 0.29) is 17.9 Å². The summed E-state index contributed by atoms with van der Waals surface area (Å²) in [5.74, 6) is -1.39. The van der Waals surface area contributed by atoms with Crippen LogP contribution in [0.2, 0.25) is 0 Å². The van der Waals surface area contributed by atoms with Crippen molar-refractivity contribution in [2.45, 2.75) is 12.5 Å². The van der Waals surface area contributed by atoms with Gasteiger partial charge in [0, 0.05) is 5.56 Å². The molecule has 1 N–H and O–H groups in total. The molecule has 2 rings (SSSR count). The van der Waals surface area contributed by atoms with Crippen molar-refractivity contribution in [3.8, 4) is 0 Å². The number of benzene rings is 1. The summed E-state index contributed by atoms with van der Waals surface area (Å²) in [5, 5.41) is 2.42. The van der Waals surface area contributed by atoms with E-state index < -0.39 is 17.7 Å². The summed E-state index contributed by atoms with van der Waals surface area (Å²) in [5.41, 5.74) is -0.0397. The zero-order valence-electron chi connectivity index (χ0n) is 6.68. The molecule has 13 heavy (non-hydrogen) atoms. The highest BCUT2D eigenvalue weighted by Gasteiger charge is 2.31. The van der Waals surface area contributed by atoms with Crippen LogP contribution in [0.15, 0.2) is 18.2 Å². The maximum Gasteiger partial charge on any atom is 0.222 e. The molecule has 0 aromatic heterocycles. The van der Waals surface area contributed by atoms with E-state index >= 15 is 0 Å². The highest BCUT2D eigenvalue weighted by molar-refractivity contribution is 5.83. The Hall–Kier alpha value is -1.45. The lowest BCUT2D eigenvalue weighted by Gasteiger charge is -2.27. The van der Waals surface area contributed by atoms with E-state index in [4.69, 9.17) is 0 Å². The molecule has 1 aromatic carbocycles. The fourth-order valence-electron chi connectivity index (χ4n) is 1.38. The summed E-state index contributed by atoms with van der Waals surface area (Å²) in [6.07, 6.45) is 0.165. The van der Waals surface area contributed by atoms with Gasteiger partial charge in [0.1, 0.15) is 11.6 Å². The van der Waals surface area contributed by atoms with E-state index in [1.165, 1.54) is 18.2 Å². The van der Waals surface area contributed by atoms with Gasteiger partial charge in [0.15, 0.2) is 0 Å². The van der Waals surface area contributed by atoms with Gasteiger partial charge in [-0.15, -0.1) is 0 Å². The Morgan fingerprint density at radius 1 is 1.31 bits per heavy atom.